The number of anilines is 3. The van der Waals surface area contributed by atoms with Gasteiger partial charge in [-0.05, 0) is 56.0 Å². The Morgan fingerprint density at radius 3 is 2.63 bits per heavy atom. The topological polar surface area (TPSA) is 150 Å². The van der Waals surface area contributed by atoms with Gasteiger partial charge >= 0.3 is 0 Å². The maximum Gasteiger partial charge on any atom is 0.252 e. The third kappa shape index (κ3) is 6.73. The molecule has 1 saturated carbocycles. The number of amides is 3. The number of aromatic nitrogens is 2. The van der Waals surface area contributed by atoms with Crippen LogP contribution in [0.3, 0.4) is 0 Å². The number of carbonyl (C=O) groups is 3. The fraction of sp³-hybridized carbons (Fsp3) is 0.452. The number of nitrogens with two attached hydrogens (primary N) is 1. The molecule has 4 heterocycles. The van der Waals surface area contributed by atoms with Crippen molar-refractivity contribution in [1.82, 2.24) is 20.2 Å². The zero-order chi connectivity index (χ0) is 29.8. The lowest BCUT2D eigenvalue weighted by atomic mass is 10.1. The molecule has 3 aliphatic rings. The summed E-state index contributed by atoms with van der Waals surface area (Å²) in [6, 6.07) is 9.12. The zero-order valence-electron chi connectivity index (χ0n) is 24.3. The highest BCUT2D eigenvalue weighted by molar-refractivity contribution is 5.98. The number of hydrogen-bond acceptors (Lipinski definition) is 9. The van der Waals surface area contributed by atoms with Gasteiger partial charge in [0.2, 0.25) is 5.91 Å². The van der Waals surface area contributed by atoms with Crippen molar-refractivity contribution in [2.75, 3.05) is 60.9 Å². The SMILES string of the molecule is NC(=O)c1cccnc1N1CCN(c2ccc(C(=O)NCCCN3CCCC3=O)cc2NCc2coc(C3CC3)n2)CC1. The Balaban J connectivity index is 1.13. The predicted molar refractivity (Wildman–Crippen MR) is 162 cm³/mol. The Hall–Kier alpha value is -4.61. The number of carbonyl (C=O) groups excluding carboxylic acids is 3. The molecule has 226 valence electrons. The summed E-state index contributed by atoms with van der Waals surface area (Å²) in [5.74, 6) is 1.38. The molecule has 0 atom stereocenters. The smallest absolute Gasteiger partial charge is 0.252 e. The summed E-state index contributed by atoms with van der Waals surface area (Å²) in [5.41, 5.74) is 9.18. The summed E-state index contributed by atoms with van der Waals surface area (Å²) in [4.78, 5) is 52.1. The third-order valence-corrected chi connectivity index (χ3v) is 8.25. The molecule has 1 aromatic carbocycles. The Morgan fingerprint density at radius 1 is 1.07 bits per heavy atom. The molecule has 1 aliphatic carbocycles. The fourth-order valence-corrected chi connectivity index (χ4v) is 5.72. The number of rotatable bonds is 12. The van der Waals surface area contributed by atoms with Crippen LogP contribution in [0.15, 0.2) is 47.2 Å². The number of benzene rings is 1. The maximum atomic E-state index is 13.1. The first-order valence-electron chi connectivity index (χ1n) is 15.1. The van der Waals surface area contributed by atoms with Crippen LogP contribution in [0.2, 0.25) is 0 Å². The molecule has 12 heteroatoms. The van der Waals surface area contributed by atoms with E-state index in [0.29, 0.717) is 81.5 Å². The average molecular weight is 587 g/mol. The normalized spacial score (nSPS) is 16.9. The van der Waals surface area contributed by atoms with E-state index in [1.54, 1.807) is 24.6 Å². The van der Waals surface area contributed by atoms with E-state index >= 15 is 0 Å². The van der Waals surface area contributed by atoms with Crippen LogP contribution in [0.5, 0.6) is 0 Å². The van der Waals surface area contributed by atoms with Gasteiger partial charge in [0, 0.05) is 69.9 Å². The van der Waals surface area contributed by atoms with E-state index in [1.165, 1.54) is 0 Å². The predicted octanol–water partition coefficient (Wildman–Crippen LogP) is 2.73. The Kier molecular flexibility index (Phi) is 8.43. The highest BCUT2D eigenvalue weighted by Gasteiger charge is 2.29. The standard InChI is InChI=1S/C31H38N8O4/c32-28(41)24-4-1-10-33-29(24)39-16-14-37(15-17-39)26-9-8-22(30(42)34-11-3-13-38-12-2-5-27(38)40)18-25(26)35-19-23-20-43-31(36-23)21-6-7-21/h1,4,8-10,18,20-21,35H,2-3,5-7,11-17,19H2,(H2,32,41)(H,34,42). The number of primary amides is 1. The zero-order valence-corrected chi connectivity index (χ0v) is 24.3. The van der Waals surface area contributed by atoms with Crippen molar-refractivity contribution in [3.05, 3.63) is 65.5 Å². The van der Waals surface area contributed by atoms with Crippen molar-refractivity contribution in [3.8, 4) is 0 Å². The van der Waals surface area contributed by atoms with Gasteiger partial charge in [0.05, 0.1) is 29.2 Å². The largest absolute Gasteiger partial charge is 0.448 e. The van der Waals surface area contributed by atoms with Gasteiger partial charge in [-0.2, -0.15) is 0 Å². The van der Waals surface area contributed by atoms with Gasteiger partial charge in [-0.3, -0.25) is 14.4 Å². The van der Waals surface area contributed by atoms with Gasteiger partial charge in [0.1, 0.15) is 12.1 Å². The van der Waals surface area contributed by atoms with Gasteiger partial charge in [0.15, 0.2) is 5.89 Å². The van der Waals surface area contributed by atoms with Gasteiger partial charge < -0.3 is 35.5 Å². The number of pyridine rings is 1. The van der Waals surface area contributed by atoms with E-state index in [4.69, 9.17) is 10.2 Å². The number of nitrogens with zero attached hydrogens (tertiary/aromatic N) is 5. The number of oxazole rings is 1. The minimum atomic E-state index is -0.492. The van der Waals surface area contributed by atoms with Gasteiger partial charge in [-0.15, -0.1) is 0 Å². The first-order chi connectivity index (χ1) is 21.0. The molecule has 6 rings (SSSR count). The van der Waals surface area contributed by atoms with E-state index in [2.05, 4.69) is 30.4 Å². The van der Waals surface area contributed by atoms with Gasteiger partial charge in [-0.1, -0.05) is 0 Å². The monoisotopic (exact) mass is 586 g/mol. The number of hydrogen-bond donors (Lipinski definition) is 3. The van der Waals surface area contributed by atoms with E-state index in [-0.39, 0.29) is 11.8 Å². The second-order valence-electron chi connectivity index (χ2n) is 11.3. The van der Waals surface area contributed by atoms with Crippen molar-refractivity contribution in [1.29, 1.82) is 0 Å². The highest BCUT2D eigenvalue weighted by atomic mass is 16.3. The molecule has 0 radical (unpaired) electrons. The van der Waals surface area contributed by atoms with Crippen LogP contribution >= 0.6 is 0 Å². The van der Waals surface area contributed by atoms with Crippen LogP contribution in [-0.4, -0.2) is 78.4 Å². The molecule has 2 aromatic heterocycles. The van der Waals surface area contributed by atoms with Gasteiger partial charge in [-0.25, -0.2) is 9.97 Å². The van der Waals surface area contributed by atoms with Crippen molar-refractivity contribution >= 4 is 34.9 Å². The van der Waals surface area contributed by atoms with Crippen LogP contribution in [0, 0.1) is 0 Å². The Bertz CT molecular complexity index is 1480. The minimum Gasteiger partial charge on any atom is -0.448 e. The maximum absolute atomic E-state index is 13.1. The number of piperazine rings is 1. The van der Waals surface area contributed by atoms with Crippen molar-refractivity contribution in [2.24, 2.45) is 5.73 Å². The van der Waals surface area contributed by atoms with Crippen LogP contribution < -0.4 is 26.2 Å². The summed E-state index contributed by atoms with van der Waals surface area (Å²) in [6.07, 6.45) is 7.86. The molecule has 43 heavy (non-hydrogen) atoms. The lowest BCUT2D eigenvalue weighted by Crippen LogP contribution is -2.47. The molecule has 0 spiro atoms. The Labute approximate surface area is 250 Å². The summed E-state index contributed by atoms with van der Waals surface area (Å²) in [5, 5.41) is 6.50. The van der Waals surface area contributed by atoms with Crippen molar-refractivity contribution in [2.45, 2.75) is 44.6 Å². The van der Waals surface area contributed by atoms with E-state index in [9.17, 15) is 14.4 Å². The Morgan fingerprint density at radius 2 is 1.88 bits per heavy atom. The van der Waals surface area contributed by atoms with Crippen LogP contribution in [-0.2, 0) is 11.3 Å². The fourth-order valence-electron chi connectivity index (χ4n) is 5.72. The molecule has 3 aromatic rings. The molecule has 2 aliphatic heterocycles. The quantitative estimate of drug-likeness (QED) is 0.272. The summed E-state index contributed by atoms with van der Waals surface area (Å²) < 4.78 is 5.67. The molecular weight excluding hydrogens is 548 g/mol. The molecule has 3 amide bonds. The summed E-state index contributed by atoms with van der Waals surface area (Å²) >= 11 is 0. The molecular formula is C31H38N8O4. The van der Waals surface area contributed by atoms with Crippen molar-refractivity contribution < 1.29 is 18.8 Å². The molecule has 3 fully saturated rings. The minimum absolute atomic E-state index is 0.154. The highest BCUT2D eigenvalue weighted by Crippen LogP contribution is 2.39. The number of likely N-dealkylation sites (tertiary alicyclic amines) is 1. The lowest BCUT2D eigenvalue weighted by molar-refractivity contribution is -0.127. The average Bonchev–Trinajstić information content (AvgIpc) is 3.63. The third-order valence-electron chi connectivity index (χ3n) is 8.25. The lowest BCUT2D eigenvalue weighted by Gasteiger charge is -2.38. The molecule has 2 saturated heterocycles. The van der Waals surface area contributed by atoms with E-state index in [0.717, 1.165) is 48.8 Å². The van der Waals surface area contributed by atoms with Crippen molar-refractivity contribution in [3.63, 3.8) is 0 Å². The van der Waals surface area contributed by atoms with Crippen LogP contribution in [0.1, 0.15) is 70.3 Å². The van der Waals surface area contributed by atoms with E-state index in [1.807, 2.05) is 23.1 Å². The molecule has 0 bridgehead atoms. The second-order valence-corrected chi connectivity index (χ2v) is 11.3. The van der Waals surface area contributed by atoms with Crippen LogP contribution in [0.4, 0.5) is 17.2 Å². The molecule has 0 unspecified atom stereocenters. The second kappa shape index (κ2) is 12.7. The molecule has 12 nitrogen and oxygen atoms in total. The molecule has 4 N–H and O–H groups in total. The summed E-state index contributed by atoms with van der Waals surface area (Å²) in [7, 11) is 0. The van der Waals surface area contributed by atoms with Crippen LogP contribution in [0.25, 0.3) is 0 Å². The van der Waals surface area contributed by atoms with E-state index < -0.39 is 5.91 Å². The van der Waals surface area contributed by atoms with Gasteiger partial charge in [0.25, 0.3) is 11.8 Å². The summed E-state index contributed by atoms with van der Waals surface area (Å²) in [6.45, 7) is 5.14. The number of nitrogens with one attached hydrogen (secondary N) is 2. The first-order valence-corrected chi connectivity index (χ1v) is 15.1. The first kappa shape index (κ1) is 28.5.